The quantitative estimate of drug-likeness (QED) is 0.232. The first-order valence-electron chi connectivity index (χ1n) is 13.0. The van der Waals surface area contributed by atoms with Gasteiger partial charge in [0.05, 0.1) is 11.6 Å². The second-order valence-corrected chi connectivity index (χ2v) is 10.9. The first-order valence-corrected chi connectivity index (χ1v) is 13.0. The molecule has 38 heavy (non-hydrogen) atoms. The molecule has 0 saturated heterocycles. The molecule has 0 fully saturated rings. The number of fused-ring (bicyclic) bond motifs is 9. The Hall–Kier alpha value is -4.87. The molecule has 0 aliphatic heterocycles. The molecular weight excluding hydrogens is 462 g/mol. The van der Waals surface area contributed by atoms with Crippen LogP contribution in [0.25, 0.3) is 65.7 Å². The number of rotatable bonds is 1. The normalized spacial score (nSPS) is 13.7. The monoisotopic (exact) mass is 485 g/mol. The van der Waals surface area contributed by atoms with Crippen LogP contribution in [0.3, 0.4) is 0 Å². The van der Waals surface area contributed by atoms with Crippen molar-refractivity contribution in [3.8, 4) is 28.3 Å². The van der Waals surface area contributed by atoms with Gasteiger partial charge in [-0.1, -0.05) is 80.6 Å². The molecule has 0 saturated carbocycles. The summed E-state index contributed by atoms with van der Waals surface area (Å²) in [5.74, 6) is 0. The maximum Gasteiger partial charge on any atom is 0.143 e. The van der Waals surface area contributed by atoms with Gasteiger partial charge < -0.3 is 4.42 Å². The van der Waals surface area contributed by atoms with Crippen LogP contribution >= 0.6 is 0 Å². The van der Waals surface area contributed by atoms with E-state index in [9.17, 15) is 5.26 Å². The Morgan fingerprint density at radius 1 is 0.632 bits per heavy atom. The standard InChI is InChI=1S/C36H23NO/c1-36(2)31-13-11-21(20-37)15-28(31)29-18-25(12-14-32(29)36)27-17-24-9-5-6-10-26(24)34-30-16-22-7-3-4-8-23(22)19-33(30)38-35(27)34/h3-19H,1-2H3. The van der Waals surface area contributed by atoms with E-state index >= 15 is 0 Å². The highest BCUT2D eigenvalue weighted by atomic mass is 16.3. The summed E-state index contributed by atoms with van der Waals surface area (Å²) in [6, 6.07) is 38.9. The molecule has 0 bridgehead atoms. The van der Waals surface area contributed by atoms with E-state index in [1.54, 1.807) is 0 Å². The number of hydrogen-bond donors (Lipinski definition) is 0. The van der Waals surface area contributed by atoms with Gasteiger partial charge >= 0.3 is 0 Å². The van der Waals surface area contributed by atoms with Gasteiger partial charge in [-0.25, -0.2) is 0 Å². The first kappa shape index (κ1) is 21.2. The summed E-state index contributed by atoms with van der Waals surface area (Å²) in [5, 5.41) is 16.7. The molecule has 8 rings (SSSR count). The third-order valence-electron chi connectivity index (χ3n) is 8.45. The predicted octanol–water partition coefficient (Wildman–Crippen LogP) is 9.74. The molecule has 1 aliphatic rings. The molecule has 0 amide bonds. The fraction of sp³-hybridized carbons (Fsp3) is 0.0833. The summed E-state index contributed by atoms with van der Waals surface area (Å²) in [5.41, 5.74) is 9.51. The lowest BCUT2D eigenvalue weighted by atomic mass is 9.82. The number of hydrogen-bond acceptors (Lipinski definition) is 2. The average Bonchev–Trinajstić information content (AvgIpc) is 3.43. The highest BCUT2D eigenvalue weighted by Crippen LogP contribution is 2.51. The second-order valence-electron chi connectivity index (χ2n) is 10.9. The number of benzene rings is 6. The van der Waals surface area contributed by atoms with E-state index in [1.807, 2.05) is 12.1 Å². The Labute approximate surface area is 220 Å². The Balaban J connectivity index is 1.46. The zero-order valence-corrected chi connectivity index (χ0v) is 21.2. The van der Waals surface area contributed by atoms with Crippen molar-refractivity contribution in [1.29, 1.82) is 5.26 Å². The van der Waals surface area contributed by atoms with Crippen LogP contribution in [-0.2, 0) is 5.41 Å². The second kappa shape index (κ2) is 7.34. The van der Waals surface area contributed by atoms with Crippen molar-refractivity contribution in [3.05, 3.63) is 120 Å². The third-order valence-corrected chi connectivity index (χ3v) is 8.45. The molecule has 1 aliphatic carbocycles. The summed E-state index contributed by atoms with van der Waals surface area (Å²) in [6.07, 6.45) is 0. The number of furan rings is 1. The first-order chi connectivity index (χ1) is 18.5. The molecule has 0 N–H and O–H groups in total. The summed E-state index contributed by atoms with van der Waals surface area (Å²) >= 11 is 0. The minimum absolute atomic E-state index is 0.116. The molecule has 7 aromatic rings. The van der Waals surface area contributed by atoms with E-state index in [0.717, 1.165) is 38.6 Å². The molecule has 2 nitrogen and oxygen atoms in total. The summed E-state index contributed by atoms with van der Waals surface area (Å²) < 4.78 is 6.68. The Morgan fingerprint density at radius 3 is 2.11 bits per heavy atom. The van der Waals surface area contributed by atoms with Crippen molar-refractivity contribution in [2.75, 3.05) is 0 Å². The molecule has 2 heteroatoms. The molecule has 178 valence electrons. The molecule has 0 atom stereocenters. The highest BCUT2D eigenvalue weighted by molar-refractivity contribution is 6.24. The van der Waals surface area contributed by atoms with E-state index in [1.165, 1.54) is 38.2 Å². The van der Waals surface area contributed by atoms with Gasteiger partial charge in [-0.2, -0.15) is 5.26 Å². The van der Waals surface area contributed by atoms with Crippen LogP contribution in [0, 0.1) is 11.3 Å². The number of nitrogens with zero attached hydrogens (tertiary/aromatic N) is 1. The van der Waals surface area contributed by atoms with Crippen LogP contribution < -0.4 is 0 Å². The maximum atomic E-state index is 9.58. The van der Waals surface area contributed by atoms with Crippen LogP contribution in [0.1, 0.15) is 30.5 Å². The lowest BCUT2D eigenvalue weighted by Crippen LogP contribution is -2.14. The van der Waals surface area contributed by atoms with Gasteiger partial charge in [0.1, 0.15) is 11.2 Å². The van der Waals surface area contributed by atoms with Crippen molar-refractivity contribution in [1.82, 2.24) is 0 Å². The zero-order chi connectivity index (χ0) is 25.6. The van der Waals surface area contributed by atoms with Crippen LogP contribution in [0.4, 0.5) is 0 Å². The SMILES string of the molecule is CC1(C)c2ccc(C#N)cc2-c2cc(-c3cc4ccccc4c4c3oc3cc5ccccc5cc34)ccc21. The van der Waals surface area contributed by atoms with Gasteiger partial charge in [0, 0.05) is 21.8 Å². The van der Waals surface area contributed by atoms with E-state index < -0.39 is 0 Å². The Bertz CT molecular complexity index is 2170. The highest BCUT2D eigenvalue weighted by Gasteiger charge is 2.35. The van der Waals surface area contributed by atoms with E-state index in [-0.39, 0.29) is 5.41 Å². The van der Waals surface area contributed by atoms with Gasteiger partial charge in [0.2, 0.25) is 0 Å². The molecular formula is C36H23NO. The van der Waals surface area contributed by atoms with E-state index in [0.29, 0.717) is 5.56 Å². The van der Waals surface area contributed by atoms with Crippen LogP contribution in [-0.4, -0.2) is 0 Å². The molecule has 0 spiro atoms. The fourth-order valence-electron chi connectivity index (χ4n) is 6.53. The van der Waals surface area contributed by atoms with Gasteiger partial charge in [-0.05, 0) is 85.8 Å². The fourth-order valence-corrected chi connectivity index (χ4v) is 6.53. The molecule has 1 aromatic heterocycles. The lowest BCUT2D eigenvalue weighted by Gasteiger charge is -2.21. The van der Waals surface area contributed by atoms with Gasteiger partial charge in [-0.3, -0.25) is 0 Å². The predicted molar refractivity (Wildman–Crippen MR) is 156 cm³/mol. The zero-order valence-electron chi connectivity index (χ0n) is 21.2. The van der Waals surface area contributed by atoms with Gasteiger partial charge in [0.25, 0.3) is 0 Å². The molecule has 0 radical (unpaired) electrons. The molecule has 6 aromatic carbocycles. The van der Waals surface area contributed by atoms with Gasteiger partial charge in [0.15, 0.2) is 0 Å². The maximum absolute atomic E-state index is 9.58. The van der Waals surface area contributed by atoms with Crippen molar-refractivity contribution < 1.29 is 4.42 Å². The Morgan fingerprint density at radius 2 is 1.32 bits per heavy atom. The minimum atomic E-state index is -0.116. The van der Waals surface area contributed by atoms with Crippen molar-refractivity contribution in [2.45, 2.75) is 19.3 Å². The summed E-state index contributed by atoms with van der Waals surface area (Å²) in [6.45, 7) is 4.53. The molecule has 0 unspecified atom stereocenters. The topological polar surface area (TPSA) is 36.9 Å². The van der Waals surface area contributed by atoms with Gasteiger partial charge in [-0.15, -0.1) is 0 Å². The Kier molecular flexibility index (Phi) is 4.10. The lowest BCUT2D eigenvalue weighted by molar-refractivity contribution is 0.660. The average molecular weight is 486 g/mol. The summed E-state index contributed by atoms with van der Waals surface area (Å²) in [4.78, 5) is 0. The van der Waals surface area contributed by atoms with Crippen LogP contribution in [0.15, 0.2) is 108 Å². The molecule has 1 heterocycles. The van der Waals surface area contributed by atoms with Crippen molar-refractivity contribution in [2.24, 2.45) is 0 Å². The van der Waals surface area contributed by atoms with Crippen LogP contribution in [0.5, 0.6) is 0 Å². The van der Waals surface area contributed by atoms with E-state index in [4.69, 9.17) is 4.42 Å². The van der Waals surface area contributed by atoms with Crippen molar-refractivity contribution in [3.63, 3.8) is 0 Å². The number of nitriles is 1. The largest absolute Gasteiger partial charge is 0.455 e. The van der Waals surface area contributed by atoms with E-state index in [2.05, 4.69) is 111 Å². The smallest absolute Gasteiger partial charge is 0.143 e. The minimum Gasteiger partial charge on any atom is -0.455 e. The van der Waals surface area contributed by atoms with Crippen molar-refractivity contribution >= 4 is 43.5 Å². The van der Waals surface area contributed by atoms with Crippen LogP contribution in [0.2, 0.25) is 0 Å². The third kappa shape index (κ3) is 2.76. The summed E-state index contributed by atoms with van der Waals surface area (Å²) in [7, 11) is 0.